The van der Waals surface area contributed by atoms with Crippen LogP contribution in [0.5, 0.6) is 0 Å². The second kappa shape index (κ2) is 5.98. The Morgan fingerprint density at radius 3 is 2.92 bits per heavy atom. The lowest BCUT2D eigenvalue weighted by Crippen LogP contribution is -2.60. The number of piperazine rings is 1. The summed E-state index contributed by atoms with van der Waals surface area (Å²) in [7, 11) is 0. The van der Waals surface area contributed by atoms with Gasteiger partial charge in [0, 0.05) is 24.5 Å². The van der Waals surface area contributed by atoms with E-state index in [9.17, 15) is 14.4 Å². The van der Waals surface area contributed by atoms with E-state index in [1.807, 2.05) is 17.0 Å². The quantitative estimate of drug-likeness (QED) is 0.803. The highest BCUT2D eigenvalue weighted by molar-refractivity contribution is 5.89. The molecule has 7 heteroatoms. The Morgan fingerprint density at radius 1 is 1.28 bits per heavy atom. The van der Waals surface area contributed by atoms with E-state index >= 15 is 0 Å². The number of amides is 2. The number of fused-ring (bicyclic) bond motifs is 2. The first-order chi connectivity index (χ1) is 12.1. The molecule has 0 saturated carbocycles. The molecular formula is C18H20N4O3. The van der Waals surface area contributed by atoms with Gasteiger partial charge < -0.3 is 9.80 Å². The maximum absolute atomic E-state index is 12.8. The highest BCUT2D eigenvalue weighted by atomic mass is 16.2. The molecule has 0 N–H and O–H groups in total. The van der Waals surface area contributed by atoms with Crippen LogP contribution in [0.3, 0.4) is 0 Å². The number of carbonyl (C=O) groups is 2. The van der Waals surface area contributed by atoms with Crippen molar-refractivity contribution in [2.45, 2.75) is 38.4 Å². The molecule has 1 aromatic carbocycles. The molecule has 2 amide bonds. The number of hydrogen-bond donors (Lipinski definition) is 0. The van der Waals surface area contributed by atoms with E-state index in [0.29, 0.717) is 11.9 Å². The zero-order valence-electron chi connectivity index (χ0n) is 14.1. The Kier molecular flexibility index (Phi) is 3.78. The fraction of sp³-hybridized carbons (Fsp3) is 0.444. The molecule has 2 aromatic rings. The molecule has 2 atom stereocenters. The molecule has 3 heterocycles. The fourth-order valence-corrected chi connectivity index (χ4v) is 3.85. The van der Waals surface area contributed by atoms with E-state index < -0.39 is 6.04 Å². The second-order valence-electron chi connectivity index (χ2n) is 6.74. The van der Waals surface area contributed by atoms with Gasteiger partial charge >= 0.3 is 0 Å². The Morgan fingerprint density at radius 2 is 2.08 bits per heavy atom. The van der Waals surface area contributed by atoms with E-state index in [2.05, 4.69) is 5.10 Å². The van der Waals surface area contributed by atoms with Crippen LogP contribution in [0.25, 0.3) is 10.8 Å². The molecule has 0 unspecified atom stereocenters. The van der Waals surface area contributed by atoms with Crippen LogP contribution in [0.15, 0.2) is 35.3 Å². The van der Waals surface area contributed by atoms with Gasteiger partial charge in [0.2, 0.25) is 11.8 Å². The molecule has 0 radical (unpaired) electrons. The number of carbonyl (C=O) groups excluding carboxylic acids is 2. The standard InChI is InChI=1S/C18H20N4O3/c1-12-17(24)20-8-4-6-14(20)10-21(12)16(23)11-22-18(25)15-7-3-2-5-13(15)9-19-22/h2-3,5,7,9,12,14H,4,6,8,10-11H2,1H3/t12-,14+/m1/s1. The van der Waals surface area contributed by atoms with Crippen LogP contribution in [-0.2, 0) is 16.1 Å². The van der Waals surface area contributed by atoms with E-state index in [-0.39, 0.29) is 30.0 Å². The summed E-state index contributed by atoms with van der Waals surface area (Å²) in [4.78, 5) is 41.2. The predicted octanol–water partition coefficient (Wildman–Crippen LogP) is 0.618. The van der Waals surface area contributed by atoms with Crippen molar-refractivity contribution in [2.75, 3.05) is 13.1 Å². The Balaban J connectivity index is 1.59. The van der Waals surface area contributed by atoms with Crippen LogP contribution < -0.4 is 5.56 Å². The van der Waals surface area contributed by atoms with Crippen molar-refractivity contribution in [1.82, 2.24) is 19.6 Å². The summed E-state index contributed by atoms with van der Waals surface area (Å²) in [5.41, 5.74) is -0.287. The molecule has 0 bridgehead atoms. The van der Waals surface area contributed by atoms with Crippen LogP contribution >= 0.6 is 0 Å². The van der Waals surface area contributed by atoms with Crippen molar-refractivity contribution in [3.8, 4) is 0 Å². The van der Waals surface area contributed by atoms with Gasteiger partial charge in [0.05, 0.1) is 11.6 Å². The first kappa shape index (κ1) is 15.8. The topological polar surface area (TPSA) is 75.5 Å². The van der Waals surface area contributed by atoms with Crippen LogP contribution in [-0.4, -0.2) is 56.6 Å². The fourth-order valence-electron chi connectivity index (χ4n) is 3.85. The predicted molar refractivity (Wildman–Crippen MR) is 91.9 cm³/mol. The molecule has 25 heavy (non-hydrogen) atoms. The highest BCUT2D eigenvalue weighted by Gasteiger charge is 2.42. The average Bonchev–Trinajstić information content (AvgIpc) is 3.09. The van der Waals surface area contributed by atoms with Crippen molar-refractivity contribution in [3.05, 3.63) is 40.8 Å². The third-order valence-electron chi connectivity index (χ3n) is 5.26. The molecule has 2 saturated heterocycles. The maximum Gasteiger partial charge on any atom is 0.275 e. The summed E-state index contributed by atoms with van der Waals surface area (Å²) in [6, 6.07) is 6.79. The van der Waals surface area contributed by atoms with E-state index in [1.165, 1.54) is 4.68 Å². The zero-order chi connectivity index (χ0) is 17.6. The van der Waals surface area contributed by atoms with Crippen molar-refractivity contribution in [2.24, 2.45) is 0 Å². The van der Waals surface area contributed by atoms with Gasteiger partial charge in [-0.25, -0.2) is 4.68 Å². The number of hydrogen-bond acceptors (Lipinski definition) is 4. The molecule has 0 spiro atoms. The van der Waals surface area contributed by atoms with Crippen molar-refractivity contribution in [1.29, 1.82) is 0 Å². The molecular weight excluding hydrogens is 320 g/mol. The van der Waals surface area contributed by atoms with Gasteiger partial charge in [-0.15, -0.1) is 0 Å². The van der Waals surface area contributed by atoms with E-state index in [0.717, 1.165) is 24.8 Å². The Labute approximate surface area is 144 Å². The van der Waals surface area contributed by atoms with Crippen molar-refractivity contribution >= 4 is 22.6 Å². The lowest BCUT2D eigenvalue weighted by atomic mass is 10.1. The van der Waals surface area contributed by atoms with Gasteiger partial charge in [-0.3, -0.25) is 14.4 Å². The summed E-state index contributed by atoms with van der Waals surface area (Å²) in [6.07, 6.45) is 3.50. The largest absolute Gasteiger partial charge is 0.336 e. The lowest BCUT2D eigenvalue weighted by Gasteiger charge is -2.41. The van der Waals surface area contributed by atoms with Gasteiger partial charge in [0.25, 0.3) is 5.56 Å². The third-order valence-corrected chi connectivity index (χ3v) is 5.26. The van der Waals surface area contributed by atoms with Crippen LogP contribution in [0.4, 0.5) is 0 Å². The molecule has 130 valence electrons. The number of rotatable bonds is 2. The summed E-state index contributed by atoms with van der Waals surface area (Å²) in [5.74, 6) is -0.238. The molecule has 1 aromatic heterocycles. The smallest absolute Gasteiger partial charge is 0.275 e. The second-order valence-corrected chi connectivity index (χ2v) is 6.74. The number of aromatic nitrogens is 2. The number of nitrogens with zero attached hydrogens (tertiary/aromatic N) is 4. The summed E-state index contributed by atoms with van der Waals surface area (Å²) < 4.78 is 1.18. The minimum atomic E-state index is -0.488. The SMILES string of the molecule is C[C@@H]1C(=O)N2CCC[C@H]2CN1C(=O)Cn1ncc2ccccc2c1=O. The van der Waals surface area contributed by atoms with Gasteiger partial charge in [0.15, 0.2) is 0 Å². The van der Waals surface area contributed by atoms with Crippen LogP contribution in [0.2, 0.25) is 0 Å². The van der Waals surface area contributed by atoms with Crippen molar-refractivity contribution < 1.29 is 9.59 Å². The average molecular weight is 340 g/mol. The van der Waals surface area contributed by atoms with Crippen LogP contribution in [0.1, 0.15) is 19.8 Å². The molecule has 7 nitrogen and oxygen atoms in total. The van der Waals surface area contributed by atoms with Gasteiger partial charge in [-0.2, -0.15) is 5.10 Å². The monoisotopic (exact) mass is 340 g/mol. The summed E-state index contributed by atoms with van der Waals surface area (Å²) in [5, 5.41) is 5.40. The minimum Gasteiger partial charge on any atom is -0.336 e. The zero-order valence-corrected chi connectivity index (χ0v) is 14.1. The first-order valence-electron chi connectivity index (χ1n) is 8.61. The van der Waals surface area contributed by atoms with E-state index in [1.54, 1.807) is 30.2 Å². The summed E-state index contributed by atoms with van der Waals surface area (Å²) >= 11 is 0. The molecule has 2 fully saturated rings. The lowest BCUT2D eigenvalue weighted by molar-refractivity contribution is -0.152. The molecule has 2 aliphatic heterocycles. The third kappa shape index (κ3) is 2.59. The highest BCUT2D eigenvalue weighted by Crippen LogP contribution is 2.25. The van der Waals surface area contributed by atoms with Crippen molar-refractivity contribution in [3.63, 3.8) is 0 Å². The van der Waals surface area contributed by atoms with Gasteiger partial charge in [-0.1, -0.05) is 18.2 Å². The molecule has 4 rings (SSSR count). The minimum absolute atomic E-state index is 0.000850. The summed E-state index contributed by atoms with van der Waals surface area (Å²) in [6.45, 7) is 2.93. The Hall–Kier alpha value is -2.70. The van der Waals surface area contributed by atoms with Crippen LogP contribution in [0, 0.1) is 0 Å². The maximum atomic E-state index is 12.8. The molecule has 2 aliphatic rings. The molecule has 0 aliphatic carbocycles. The first-order valence-corrected chi connectivity index (χ1v) is 8.61. The van der Waals surface area contributed by atoms with Gasteiger partial charge in [-0.05, 0) is 25.8 Å². The number of benzene rings is 1. The van der Waals surface area contributed by atoms with Gasteiger partial charge in [0.1, 0.15) is 12.6 Å². The Bertz CT molecular complexity index is 907. The van der Waals surface area contributed by atoms with E-state index in [4.69, 9.17) is 0 Å². The normalized spacial score (nSPS) is 23.2.